The van der Waals surface area contributed by atoms with Crippen molar-refractivity contribution in [3.63, 3.8) is 0 Å². The molecule has 0 spiro atoms. The van der Waals surface area contributed by atoms with E-state index >= 15 is 0 Å². The molecule has 0 unspecified atom stereocenters. The summed E-state index contributed by atoms with van der Waals surface area (Å²) in [5.41, 5.74) is 1.87. The van der Waals surface area contributed by atoms with Gasteiger partial charge in [-0.15, -0.1) is 0 Å². The van der Waals surface area contributed by atoms with Crippen molar-refractivity contribution >= 4 is 23.2 Å². The van der Waals surface area contributed by atoms with Gasteiger partial charge in [-0.3, -0.25) is 0 Å². The highest BCUT2D eigenvalue weighted by molar-refractivity contribution is 5.99. The molecule has 0 bridgehead atoms. The van der Waals surface area contributed by atoms with E-state index < -0.39 is 6.09 Å². The third-order valence-corrected chi connectivity index (χ3v) is 2.27. The smallest absolute Gasteiger partial charge is 0.427 e. The lowest BCUT2D eigenvalue weighted by Crippen LogP contribution is -2.18. The van der Waals surface area contributed by atoms with Crippen molar-refractivity contribution < 1.29 is 9.90 Å². The number of para-hydroxylation sites is 1. The molecule has 2 rings (SSSR count). The second kappa shape index (κ2) is 4.06. The lowest BCUT2D eigenvalue weighted by atomic mass is 10.2. The number of nitrogens with zero attached hydrogens (tertiary/aromatic N) is 2. The Morgan fingerprint density at radius 1 is 1.50 bits per heavy atom. The van der Waals surface area contributed by atoms with E-state index in [2.05, 4.69) is 10.1 Å². The molecule has 16 heavy (non-hydrogen) atoms. The van der Waals surface area contributed by atoms with Crippen molar-refractivity contribution in [2.45, 2.75) is 0 Å². The van der Waals surface area contributed by atoms with Crippen LogP contribution in [0.3, 0.4) is 0 Å². The van der Waals surface area contributed by atoms with E-state index in [-0.39, 0.29) is 0 Å². The number of carbonyl (C=O) groups is 1. The highest BCUT2D eigenvalue weighted by atomic mass is 16.4. The first kappa shape index (κ1) is 10.2. The van der Waals surface area contributed by atoms with Crippen molar-refractivity contribution in [2.75, 3.05) is 7.05 Å². The number of carboxylic acid groups (broad SMARTS) is 1. The van der Waals surface area contributed by atoms with Crippen LogP contribution in [0.25, 0.3) is 10.9 Å². The van der Waals surface area contributed by atoms with Crippen LogP contribution < -0.4 is 0 Å². The number of hydrogen-bond donors (Lipinski definition) is 2. The number of amides is 1. The van der Waals surface area contributed by atoms with Crippen LogP contribution in [0.2, 0.25) is 0 Å². The molecule has 1 heterocycles. The summed E-state index contributed by atoms with van der Waals surface area (Å²) in [5, 5.41) is 14.3. The molecule has 0 aliphatic carbocycles. The minimum absolute atomic E-state index is 0.863. The summed E-state index contributed by atoms with van der Waals surface area (Å²) in [7, 11) is 1.38. The molecular formula is C11H11N3O2. The van der Waals surface area contributed by atoms with E-state index in [0.29, 0.717) is 0 Å². The molecule has 2 N–H and O–H groups in total. The van der Waals surface area contributed by atoms with Crippen LogP contribution in [0.15, 0.2) is 35.6 Å². The normalized spacial score (nSPS) is 11.1. The number of fused-ring (bicyclic) bond motifs is 1. The number of aromatic nitrogens is 1. The number of nitrogens with one attached hydrogen (secondary N) is 1. The molecule has 2 aromatic rings. The zero-order valence-corrected chi connectivity index (χ0v) is 8.71. The van der Waals surface area contributed by atoms with Crippen molar-refractivity contribution in [2.24, 2.45) is 5.10 Å². The number of hydrogen-bond acceptors (Lipinski definition) is 2. The van der Waals surface area contributed by atoms with Crippen molar-refractivity contribution in [1.29, 1.82) is 0 Å². The Kier molecular flexibility index (Phi) is 2.59. The van der Waals surface area contributed by atoms with Crippen molar-refractivity contribution in [3.05, 3.63) is 36.0 Å². The van der Waals surface area contributed by atoms with Crippen LogP contribution in [0.1, 0.15) is 5.56 Å². The molecule has 5 heteroatoms. The maximum absolute atomic E-state index is 10.5. The Hall–Kier alpha value is -2.30. The fraction of sp³-hybridized carbons (Fsp3) is 0.0909. The maximum atomic E-state index is 10.5. The van der Waals surface area contributed by atoms with Gasteiger partial charge in [-0.2, -0.15) is 5.10 Å². The summed E-state index contributed by atoms with van der Waals surface area (Å²) in [6.45, 7) is 0. The minimum atomic E-state index is -1.09. The van der Waals surface area contributed by atoms with Crippen LogP contribution in [0.5, 0.6) is 0 Å². The average molecular weight is 217 g/mol. The molecule has 1 aromatic heterocycles. The van der Waals surface area contributed by atoms with Crippen LogP contribution >= 0.6 is 0 Å². The second-order valence-electron chi connectivity index (χ2n) is 3.34. The van der Waals surface area contributed by atoms with Gasteiger partial charge in [0.05, 0.1) is 6.21 Å². The lowest BCUT2D eigenvalue weighted by molar-refractivity contribution is 0.158. The highest BCUT2D eigenvalue weighted by Gasteiger charge is 2.03. The summed E-state index contributed by atoms with van der Waals surface area (Å²) in [6.07, 6.45) is 2.23. The Balaban J connectivity index is 2.31. The van der Waals surface area contributed by atoms with Gasteiger partial charge in [0.25, 0.3) is 0 Å². The maximum Gasteiger partial charge on any atom is 0.427 e. The van der Waals surface area contributed by atoms with Crippen LogP contribution in [0, 0.1) is 0 Å². The molecule has 5 nitrogen and oxygen atoms in total. The SMILES string of the molecule is CN(/N=C\c1c[nH]c2ccccc12)C(=O)O. The first-order valence-electron chi connectivity index (χ1n) is 4.75. The van der Waals surface area contributed by atoms with Gasteiger partial charge in [0, 0.05) is 29.7 Å². The third-order valence-electron chi connectivity index (χ3n) is 2.27. The Bertz CT molecular complexity index is 545. The number of hydrazone groups is 1. The summed E-state index contributed by atoms with van der Waals surface area (Å²) in [6, 6.07) is 7.76. The summed E-state index contributed by atoms with van der Waals surface area (Å²) in [4.78, 5) is 13.6. The second-order valence-corrected chi connectivity index (χ2v) is 3.34. The minimum Gasteiger partial charge on any atom is -0.464 e. The zero-order valence-electron chi connectivity index (χ0n) is 8.71. The van der Waals surface area contributed by atoms with Gasteiger partial charge >= 0.3 is 6.09 Å². The predicted octanol–water partition coefficient (Wildman–Crippen LogP) is 2.11. The fourth-order valence-corrected chi connectivity index (χ4v) is 1.40. The van der Waals surface area contributed by atoms with E-state index in [4.69, 9.17) is 5.11 Å². The topological polar surface area (TPSA) is 68.7 Å². The first-order valence-corrected chi connectivity index (χ1v) is 4.75. The molecule has 0 fully saturated rings. The fourth-order valence-electron chi connectivity index (χ4n) is 1.40. The van der Waals surface area contributed by atoms with Crippen LogP contribution in [0.4, 0.5) is 4.79 Å². The summed E-state index contributed by atoms with van der Waals surface area (Å²) < 4.78 is 0. The molecule has 0 saturated carbocycles. The van der Waals surface area contributed by atoms with Crippen molar-refractivity contribution in [1.82, 2.24) is 9.99 Å². The van der Waals surface area contributed by atoms with Gasteiger partial charge in [-0.25, -0.2) is 9.80 Å². The Morgan fingerprint density at radius 3 is 3.00 bits per heavy atom. The van der Waals surface area contributed by atoms with Gasteiger partial charge in [0.15, 0.2) is 0 Å². The largest absolute Gasteiger partial charge is 0.464 e. The summed E-state index contributed by atoms with van der Waals surface area (Å²) >= 11 is 0. The van der Waals surface area contributed by atoms with Gasteiger partial charge in [0.2, 0.25) is 0 Å². The predicted molar refractivity (Wildman–Crippen MR) is 61.7 cm³/mol. The number of benzene rings is 1. The van der Waals surface area contributed by atoms with E-state index in [0.717, 1.165) is 21.5 Å². The lowest BCUT2D eigenvalue weighted by Gasteiger charge is -2.03. The first-order chi connectivity index (χ1) is 7.68. The van der Waals surface area contributed by atoms with E-state index in [1.807, 2.05) is 24.3 Å². The number of rotatable bonds is 2. The molecule has 0 aliphatic heterocycles. The van der Waals surface area contributed by atoms with Crippen LogP contribution in [-0.4, -0.2) is 34.5 Å². The van der Waals surface area contributed by atoms with Gasteiger partial charge in [0.1, 0.15) is 0 Å². The molecule has 82 valence electrons. The van der Waals surface area contributed by atoms with Gasteiger partial charge in [-0.05, 0) is 6.07 Å². The molecule has 0 saturated heterocycles. The van der Waals surface area contributed by atoms with Gasteiger partial charge < -0.3 is 10.1 Å². The van der Waals surface area contributed by atoms with Crippen LogP contribution in [-0.2, 0) is 0 Å². The van der Waals surface area contributed by atoms with Crippen molar-refractivity contribution in [3.8, 4) is 0 Å². The number of aromatic amines is 1. The quantitative estimate of drug-likeness (QED) is 0.597. The molecular weight excluding hydrogens is 206 g/mol. The Morgan fingerprint density at radius 2 is 2.25 bits per heavy atom. The summed E-state index contributed by atoms with van der Waals surface area (Å²) in [5.74, 6) is 0. The third kappa shape index (κ3) is 1.88. The zero-order chi connectivity index (χ0) is 11.5. The molecule has 1 amide bonds. The molecule has 0 radical (unpaired) electrons. The molecule has 1 aromatic carbocycles. The highest BCUT2D eigenvalue weighted by Crippen LogP contribution is 2.15. The number of H-pyrrole nitrogens is 1. The van der Waals surface area contributed by atoms with E-state index in [9.17, 15) is 4.79 Å². The molecule has 0 aliphatic rings. The standard InChI is InChI=1S/C11H11N3O2/c1-14(11(15)16)13-7-8-6-12-10-5-3-2-4-9(8)10/h2-7,12H,1H3,(H,15,16)/b13-7-. The van der Waals surface area contributed by atoms with E-state index in [1.165, 1.54) is 13.3 Å². The van der Waals surface area contributed by atoms with E-state index in [1.54, 1.807) is 6.20 Å². The average Bonchev–Trinajstić information content (AvgIpc) is 2.69. The van der Waals surface area contributed by atoms with Gasteiger partial charge in [-0.1, -0.05) is 18.2 Å². The Labute approximate surface area is 92.0 Å². The molecule has 0 atom stereocenters. The monoisotopic (exact) mass is 217 g/mol.